The van der Waals surface area contributed by atoms with Gasteiger partial charge in [-0.2, -0.15) is 0 Å². The monoisotopic (exact) mass is 268 g/mol. The second-order valence-electron chi connectivity index (χ2n) is 6.26. The van der Waals surface area contributed by atoms with E-state index in [1.165, 1.54) is 19.4 Å². The maximum atomic E-state index is 10.9. The maximum absolute atomic E-state index is 10.9. The topological polar surface area (TPSA) is 53.0 Å². The Kier molecular flexibility index (Phi) is 3.78. The Morgan fingerprint density at radius 3 is 2.89 bits per heavy atom. The van der Waals surface area contributed by atoms with E-state index in [0.29, 0.717) is 18.5 Å². The number of aliphatic carboxylic acids is 1. The number of carboxylic acids is 1. The van der Waals surface area contributed by atoms with Gasteiger partial charge in [-0.3, -0.25) is 9.80 Å². The lowest BCUT2D eigenvalue weighted by atomic mass is 10.1. The van der Waals surface area contributed by atoms with Crippen LogP contribution in [-0.4, -0.2) is 71.3 Å². The minimum atomic E-state index is -0.809. The Labute approximate surface area is 114 Å². The molecular formula is C14H24N2O3. The van der Waals surface area contributed by atoms with E-state index in [-0.39, 0.29) is 6.10 Å². The summed E-state index contributed by atoms with van der Waals surface area (Å²) in [5.74, 6) is -0.809. The molecule has 4 atom stereocenters. The van der Waals surface area contributed by atoms with Gasteiger partial charge in [0.05, 0.1) is 6.10 Å². The standard InChI is InChI=1S/C14H24N2O3/c1-10-7-15-6-2-3-11(15)8-16(10)9-12-4-5-13(19-12)14(17)18/h10-13H,2-9H2,1H3,(H,17,18). The molecule has 4 unspecified atom stereocenters. The van der Waals surface area contributed by atoms with Crippen LogP contribution in [0, 0.1) is 0 Å². The van der Waals surface area contributed by atoms with Crippen molar-refractivity contribution in [1.82, 2.24) is 9.80 Å². The highest BCUT2D eigenvalue weighted by Gasteiger charge is 2.37. The van der Waals surface area contributed by atoms with Crippen LogP contribution >= 0.6 is 0 Å². The normalized spacial score (nSPS) is 40.5. The Bertz CT molecular complexity index is 350. The third kappa shape index (κ3) is 2.78. The van der Waals surface area contributed by atoms with Crippen molar-refractivity contribution >= 4 is 5.97 Å². The first-order valence-corrected chi connectivity index (χ1v) is 7.50. The van der Waals surface area contributed by atoms with E-state index in [4.69, 9.17) is 9.84 Å². The minimum absolute atomic E-state index is 0.108. The van der Waals surface area contributed by atoms with Crippen molar-refractivity contribution < 1.29 is 14.6 Å². The zero-order valence-corrected chi connectivity index (χ0v) is 11.6. The second-order valence-corrected chi connectivity index (χ2v) is 6.26. The molecule has 0 aromatic heterocycles. The maximum Gasteiger partial charge on any atom is 0.332 e. The number of ether oxygens (including phenoxy) is 1. The molecule has 3 fully saturated rings. The van der Waals surface area contributed by atoms with Crippen LogP contribution in [0.25, 0.3) is 0 Å². The van der Waals surface area contributed by atoms with Gasteiger partial charge in [-0.25, -0.2) is 4.79 Å². The Balaban J connectivity index is 1.53. The fraction of sp³-hybridized carbons (Fsp3) is 0.929. The highest BCUT2D eigenvalue weighted by molar-refractivity contribution is 5.72. The summed E-state index contributed by atoms with van der Waals surface area (Å²) in [7, 11) is 0. The van der Waals surface area contributed by atoms with E-state index in [1.54, 1.807) is 0 Å². The molecule has 5 heteroatoms. The molecule has 0 bridgehead atoms. The lowest BCUT2D eigenvalue weighted by molar-refractivity contribution is -0.150. The third-order valence-electron chi connectivity index (χ3n) is 4.89. The number of hydrogen-bond acceptors (Lipinski definition) is 4. The van der Waals surface area contributed by atoms with Crippen LogP contribution in [0.15, 0.2) is 0 Å². The summed E-state index contributed by atoms with van der Waals surface area (Å²) in [6.45, 7) is 6.70. The number of carbonyl (C=O) groups is 1. The third-order valence-corrected chi connectivity index (χ3v) is 4.89. The number of carboxylic acid groups (broad SMARTS) is 1. The molecule has 108 valence electrons. The first kappa shape index (κ1) is 13.3. The van der Waals surface area contributed by atoms with Crippen LogP contribution in [0.5, 0.6) is 0 Å². The molecule has 0 saturated carbocycles. The lowest BCUT2D eigenvalue weighted by Gasteiger charge is -2.43. The average molecular weight is 268 g/mol. The molecule has 0 aliphatic carbocycles. The largest absolute Gasteiger partial charge is 0.479 e. The molecule has 3 heterocycles. The van der Waals surface area contributed by atoms with Crippen molar-refractivity contribution in [1.29, 1.82) is 0 Å². The predicted molar refractivity (Wildman–Crippen MR) is 71.2 cm³/mol. The molecule has 3 aliphatic rings. The van der Waals surface area contributed by atoms with Crippen LogP contribution in [0.1, 0.15) is 32.6 Å². The van der Waals surface area contributed by atoms with Gasteiger partial charge in [0, 0.05) is 31.7 Å². The first-order chi connectivity index (χ1) is 9.13. The summed E-state index contributed by atoms with van der Waals surface area (Å²) < 4.78 is 5.63. The van der Waals surface area contributed by atoms with Gasteiger partial charge in [-0.1, -0.05) is 0 Å². The number of piperazine rings is 1. The fourth-order valence-electron chi connectivity index (χ4n) is 3.79. The van der Waals surface area contributed by atoms with Crippen LogP contribution < -0.4 is 0 Å². The second kappa shape index (κ2) is 5.38. The van der Waals surface area contributed by atoms with Gasteiger partial charge in [0.25, 0.3) is 0 Å². The summed E-state index contributed by atoms with van der Waals surface area (Å²) in [5.41, 5.74) is 0. The van der Waals surface area contributed by atoms with Crippen molar-refractivity contribution in [3.05, 3.63) is 0 Å². The van der Waals surface area contributed by atoms with Crippen LogP contribution in [0.2, 0.25) is 0 Å². The molecule has 1 N–H and O–H groups in total. The number of rotatable bonds is 3. The van der Waals surface area contributed by atoms with Crippen molar-refractivity contribution in [3.63, 3.8) is 0 Å². The highest BCUT2D eigenvalue weighted by Crippen LogP contribution is 2.27. The molecule has 0 amide bonds. The molecule has 0 radical (unpaired) electrons. The smallest absolute Gasteiger partial charge is 0.332 e. The number of fused-ring (bicyclic) bond motifs is 1. The SMILES string of the molecule is CC1CN2CCCC2CN1CC1CCC(C(=O)O)O1. The highest BCUT2D eigenvalue weighted by atomic mass is 16.5. The van der Waals surface area contributed by atoms with E-state index in [9.17, 15) is 4.79 Å². The van der Waals surface area contributed by atoms with Crippen molar-refractivity contribution in [2.75, 3.05) is 26.2 Å². The van der Waals surface area contributed by atoms with Gasteiger partial charge in [0.2, 0.25) is 0 Å². The fourth-order valence-corrected chi connectivity index (χ4v) is 3.79. The van der Waals surface area contributed by atoms with Crippen molar-refractivity contribution in [2.45, 2.75) is 56.9 Å². The Morgan fingerprint density at radius 1 is 1.32 bits per heavy atom. The number of nitrogens with zero attached hydrogens (tertiary/aromatic N) is 2. The molecule has 0 aromatic carbocycles. The summed E-state index contributed by atoms with van der Waals surface area (Å²) in [4.78, 5) is 16.0. The van der Waals surface area contributed by atoms with E-state index < -0.39 is 12.1 Å². The van der Waals surface area contributed by atoms with Gasteiger partial charge < -0.3 is 9.84 Å². The molecular weight excluding hydrogens is 244 g/mol. The molecule has 0 spiro atoms. The molecule has 19 heavy (non-hydrogen) atoms. The zero-order chi connectivity index (χ0) is 13.4. The van der Waals surface area contributed by atoms with Gasteiger partial charge in [-0.15, -0.1) is 0 Å². The van der Waals surface area contributed by atoms with Crippen LogP contribution in [0.3, 0.4) is 0 Å². The summed E-state index contributed by atoms with van der Waals surface area (Å²) in [6.07, 6.45) is 3.72. The number of hydrogen-bond donors (Lipinski definition) is 1. The molecule has 3 saturated heterocycles. The van der Waals surface area contributed by atoms with E-state index >= 15 is 0 Å². The average Bonchev–Trinajstić information content (AvgIpc) is 2.98. The van der Waals surface area contributed by atoms with Crippen molar-refractivity contribution in [3.8, 4) is 0 Å². The van der Waals surface area contributed by atoms with Crippen LogP contribution in [0.4, 0.5) is 0 Å². The molecule has 0 aromatic rings. The van der Waals surface area contributed by atoms with Gasteiger partial charge >= 0.3 is 5.97 Å². The predicted octanol–water partition coefficient (Wildman–Crippen LogP) is 0.787. The van der Waals surface area contributed by atoms with Gasteiger partial charge in [0.15, 0.2) is 6.10 Å². The van der Waals surface area contributed by atoms with Crippen molar-refractivity contribution in [2.24, 2.45) is 0 Å². The van der Waals surface area contributed by atoms with Gasteiger partial charge in [0.1, 0.15) is 0 Å². The Hall–Kier alpha value is -0.650. The molecule has 3 aliphatic heterocycles. The van der Waals surface area contributed by atoms with Crippen LogP contribution in [-0.2, 0) is 9.53 Å². The first-order valence-electron chi connectivity index (χ1n) is 7.50. The molecule has 5 nitrogen and oxygen atoms in total. The van der Waals surface area contributed by atoms with Gasteiger partial charge in [-0.05, 0) is 39.2 Å². The lowest BCUT2D eigenvalue weighted by Crippen LogP contribution is -2.56. The zero-order valence-electron chi connectivity index (χ0n) is 11.6. The van der Waals surface area contributed by atoms with E-state index in [0.717, 1.165) is 26.1 Å². The summed E-state index contributed by atoms with van der Waals surface area (Å²) in [5, 5.41) is 8.97. The summed E-state index contributed by atoms with van der Waals surface area (Å²) in [6, 6.07) is 1.27. The quantitative estimate of drug-likeness (QED) is 0.820. The Morgan fingerprint density at radius 2 is 2.16 bits per heavy atom. The molecule has 3 rings (SSSR count). The summed E-state index contributed by atoms with van der Waals surface area (Å²) >= 11 is 0. The van der Waals surface area contributed by atoms with E-state index in [1.807, 2.05) is 0 Å². The van der Waals surface area contributed by atoms with E-state index in [2.05, 4.69) is 16.7 Å². The minimum Gasteiger partial charge on any atom is -0.479 e.